The Bertz CT molecular complexity index is 588. The van der Waals surface area contributed by atoms with E-state index in [4.69, 9.17) is 21.1 Å². The van der Waals surface area contributed by atoms with Gasteiger partial charge in [-0.25, -0.2) is 0 Å². The number of benzene rings is 1. The van der Waals surface area contributed by atoms with Crippen LogP contribution in [-0.2, 0) is 0 Å². The molecule has 0 spiro atoms. The third-order valence-corrected chi connectivity index (χ3v) is 4.62. The Morgan fingerprint density at radius 1 is 1.43 bits per heavy atom. The number of ether oxygens (including phenoxy) is 2. The fourth-order valence-electron chi connectivity index (χ4n) is 2.86. The van der Waals surface area contributed by atoms with Crippen molar-refractivity contribution in [3.05, 3.63) is 22.7 Å². The van der Waals surface area contributed by atoms with Crippen LogP contribution in [0.15, 0.2) is 12.1 Å². The average molecular weight is 338 g/mol. The minimum absolute atomic E-state index is 0.340. The number of piperazine rings is 1. The first-order valence-electron chi connectivity index (χ1n) is 7.85. The Balaban J connectivity index is 2.31. The third kappa shape index (κ3) is 3.89. The van der Waals surface area contributed by atoms with Gasteiger partial charge in [0.25, 0.3) is 0 Å². The quantitative estimate of drug-likeness (QED) is 0.826. The number of halogens is 1. The monoisotopic (exact) mass is 337 g/mol. The maximum absolute atomic E-state index is 9.69. The van der Waals surface area contributed by atoms with E-state index >= 15 is 0 Å². The standard InChI is InChI=1S/C17H24ClN3O2/c1-5-23-17-14(18)8-13(9-16(17)22-4)15(10-19)21-7-6-20(3)12(2)11-21/h8-9,12,15H,5-7,11H2,1-4H3. The Hall–Kier alpha value is -1.48. The van der Waals surface area contributed by atoms with Crippen molar-refractivity contribution >= 4 is 11.6 Å². The van der Waals surface area contributed by atoms with Gasteiger partial charge in [0, 0.05) is 25.7 Å². The first kappa shape index (κ1) is 17.9. The maximum Gasteiger partial charge on any atom is 0.179 e. The van der Waals surface area contributed by atoms with Gasteiger partial charge in [0.2, 0.25) is 0 Å². The van der Waals surface area contributed by atoms with Crippen LogP contribution in [0.25, 0.3) is 0 Å². The predicted molar refractivity (Wildman–Crippen MR) is 91.2 cm³/mol. The van der Waals surface area contributed by atoms with Gasteiger partial charge in [-0.15, -0.1) is 0 Å². The van der Waals surface area contributed by atoms with Gasteiger partial charge in [-0.05, 0) is 38.6 Å². The normalized spacial score (nSPS) is 20.8. The van der Waals surface area contributed by atoms with Gasteiger partial charge in [0.1, 0.15) is 6.04 Å². The number of hydrogen-bond donors (Lipinski definition) is 0. The molecule has 0 aliphatic carbocycles. The topological polar surface area (TPSA) is 48.7 Å². The van der Waals surface area contributed by atoms with Gasteiger partial charge in [0.15, 0.2) is 11.5 Å². The highest BCUT2D eigenvalue weighted by Crippen LogP contribution is 2.39. The molecule has 1 aliphatic heterocycles. The van der Waals surface area contributed by atoms with Crippen molar-refractivity contribution in [1.29, 1.82) is 5.26 Å². The van der Waals surface area contributed by atoms with Crippen molar-refractivity contribution in [2.45, 2.75) is 25.9 Å². The van der Waals surface area contributed by atoms with Crippen LogP contribution in [0, 0.1) is 11.3 Å². The highest BCUT2D eigenvalue weighted by Gasteiger charge is 2.28. The molecule has 126 valence electrons. The van der Waals surface area contributed by atoms with Crippen LogP contribution >= 0.6 is 11.6 Å². The van der Waals surface area contributed by atoms with Gasteiger partial charge in [0.05, 0.1) is 24.8 Å². The molecule has 23 heavy (non-hydrogen) atoms. The van der Waals surface area contributed by atoms with E-state index < -0.39 is 0 Å². The molecule has 0 saturated carbocycles. The first-order chi connectivity index (χ1) is 11.0. The number of methoxy groups -OCH3 is 1. The zero-order valence-corrected chi connectivity index (χ0v) is 14.9. The molecule has 2 atom stereocenters. The molecule has 1 saturated heterocycles. The van der Waals surface area contributed by atoms with E-state index in [1.807, 2.05) is 19.1 Å². The zero-order valence-electron chi connectivity index (χ0n) is 14.2. The summed E-state index contributed by atoms with van der Waals surface area (Å²) in [6, 6.07) is 6.15. The fourth-order valence-corrected chi connectivity index (χ4v) is 3.13. The molecular weight excluding hydrogens is 314 g/mol. The molecule has 0 radical (unpaired) electrons. The minimum Gasteiger partial charge on any atom is -0.493 e. The second-order valence-corrected chi connectivity index (χ2v) is 6.23. The predicted octanol–water partition coefficient (Wildman–Crippen LogP) is 2.95. The van der Waals surface area contributed by atoms with Crippen molar-refractivity contribution in [1.82, 2.24) is 9.80 Å². The average Bonchev–Trinajstić information content (AvgIpc) is 2.53. The highest BCUT2D eigenvalue weighted by molar-refractivity contribution is 6.32. The van der Waals surface area contributed by atoms with E-state index in [-0.39, 0.29) is 6.04 Å². The molecule has 2 rings (SSSR count). The van der Waals surface area contributed by atoms with Crippen molar-refractivity contribution in [2.75, 3.05) is 40.4 Å². The lowest BCUT2D eigenvalue weighted by Gasteiger charge is -2.39. The largest absolute Gasteiger partial charge is 0.493 e. The minimum atomic E-state index is -0.340. The molecule has 1 aromatic carbocycles. The van der Waals surface area contributed by atoms with Crippen LogP contribution in [0.3, 0.4) is 0 Å². The zero-order chi connectivity index (χ0) is 17.0. The van der Waals surface area contributed by atoms with Crippen molar-refractivity contribution in [3.8, 4) is 17.6 Å². The summed E-state index contributed by atoms with van der Waals surface area (Å²) in [5, 5.41) is 10.2. The summed E-state index contributed by atoms with van der Waals surface area (Å²) in [5.74, 6) is 1.10. The second kappa shape index (κ2) is 7.87. The lowest BCUT2D eigenvalue weighted by atomic mass is 10.0. The molecule has 6 heteroatoms. The van der Waals surface area contributed by atoms with Crippen LogP contribution in [0.5, 0.6) is 11.5 Å². The molecule has 1 fully saturated rings. The fraction of sp³-hybridized carbons (Fsp3) is 0.588. The molecule has 1 heterocycles. The summed E-state index contributed by atoms with van der Waals surface area (Å²) in [6.45, 7) is 7.22. The van der Waals surface area contributed by atoms with Crippen molar-refractivity contribution in [3.63, 3.8) is 0 Å². The van der Waals surface area contributed by atoms with Gasteiger partial charge in [-0.3, -0.25) is 4.90 Å². The van der Waals surface area contributed by atoms with Gasteiger partial charge in [-0.1, -0.05) is 11.6 Å². The summed E-state index contributed by atoms with van der Waals surface area (Å²) in [6.07, 6.45) is 0. The summed E-state index contributed by atoms with van der Waals surface area (Å²) in [5.41, 5.74) is 0.842. The molecule has 0 aromatic heterocycles. The van der Waals surface area contributed by atoms with Crippen molar-refractivity contribution in [2.24, 2.45) is 0 Å². The Morgan fingerprint density at radius 3 is 2.74 bits per heavy atom. The Labute approximate surface area is 143 Å². The van der Waals surface area contributed by atoms with E-state index in [1.165, 1.54) is 0 Å². The number of nitrogens with zero attached hydrogens (tertiary/aromatic N) is 3. The van der Waals surface area contributed by atoms with Crippen LogP contribution in [0.1, 0.15) is 25.5 Å². The summed E-state index contributed by atoms with van der Waals surface area (Å²) < 4.78 is 10.9. The summed E-state index contributed by atoms with van der Waals surface area (Å²) >= 11 is 6.34. The van der Waals surface area contributed by atoms with Crippen LogP contribution in [0.2, 0.25) is 5.02 Å². The SMILES string of the molecule is CCOc1c(Cl)cc(C(C#N)N2CCN(C)C(C)C2)cc1OC. The molecule has 5 nitrogen and oxygen atoms in total. The molecule has 2 unspecified atom stereocenters. The highest BCUT2D eigenvalue weighted by atomic mass is 35.5. The lowest BCUT2D eigenvalue weighted by molar-refractivity contribution is 0.0880. The van der Waals surface area contributed by atoms with Gasteiger partial charge in [-0.2, -0.15) is 5.26 Å². The van der Waals surface area contributed by atoms with Crippen LogP contribution in [0.4, 0.5) is 0 Å². The maximum atomic E-state index is 9.69. The smallest absolute Gasteiger partial charge is 0.179 e. The number of likely N-dealkylation sites (N-methyl/N-ethyl adjacent to an activating group) is 1. The van der Waals surface area contributed by atoms with E-state index in [2.05, 4.69) is 29.8 Å². The second-order valence-electron chi connectivity index (χ2n) is 5.82. The van der Waals surface area contributed by atoms with Crippen LogP contribution in [-0.4, -0.2) is 56.2 Å². The van der Waals surface area contributed by atoms with Crippen molar-refractivity contribution < 1.29 is 9.47 Å². The van der Waals surface area contributed by atoms with E-state index in [0.717, 1.165) is 25.2 Å². The van der Waals surface area contributed by atoms with E-state index in [0.29, 0.717) is 29.2 Å². The molecule has 0 amide bonds. The van der Waals surface area contributed by atoms with E-state index in [9.17, 15) is 5.26 Å². The third-order valence-electron chi connectivity index (χ3n) is 4.33. The molecule has 1 aliphatic rings. The van der Waals surface area contributed by atoms with Gasteiger partial charge >= 0.3 is 0 Å². The molecule has 0 N–H and O–H groups in total. The van der Waals surface area contributed by atoms with Crippen LogP contribution < -0.4 is 9.47 Å². The number of hydrogen-bond acceptors (Lipinski definition) is 5. The van der Waals surface area contributed by atoms with E-state index in [1.54, 1.807) is 7.11 Å². The summed E-state index contributed by atoms with van der Waals surface area (Å²) in [7, 11) is 3.69. The number of nitriles is 1. The first-order valence-corrected chi connectivity index (χ1v) is 8.23. The van der Waals surface area contributed by atoms with Gasteiger partial charge < -0.3 is 14.4 Å². The molecule has 0 bridgehead atoms. The lowest BCUT2D eigenvalue weighted by Crippen LogP contribution is -2.50. The molecule has 1 aromatic rings. The molecular formula is C17H24ClN3O2. The Kier molecular flexibility index (Phi) is 6.11. The Morgan fingerprint density at radius 2 is 2.17 bits per heavy atom. The summed E-state index contributed by atoms with van der Waals surface area (Å²) in [4.78, 5) is 4.49. The number of rotatable bonds is 5.